The molecule has 0 aromatic heterocycles. The van der Waals surface area contributed by atoms with Gasteiger partial charge >= 0.3 is 0 Å². The molecule has 1 aromatic carbocycles. The summed E-state index contributed by atoms with van der Waals surface area (Å²) >= 11 is 0. The first-order chi connectivity index (χ1) is 12.9. The Bertz CT molecular complexity index is 650. The second-order valence-electron chi connectivity index (χ2n) is 9.87. The third kappa shape index (κ3) is 3.49. The van der Waals surface area contributed by atoms with Crippen molar-refractivity contribution in [3.8, 4) is 0 Å². The number of benzene rings is 1. The number of piperidine rings is 1. The van der Waals surface area contributed by atoms with Crippen LogP contribution in [-0.2, 0) is 4.79 Å². The molecule has 1 N–H and O–H groups in total. The first-order valence-corrected chi connectivity index (χ1v) is 10.8. The fourth-order valence-corrected chi connectivity index (χ4v) is 5.60. The number of anilines is 1. The quantitative estimate of drug-likeness (QED) is 0.855. The van der Waals surface area contributed by atoms with Crippen LogP contribution in [0.2, 0.25) is 0 Å². The summed E-state index contributed by atoms with van der Waals surface area (Å²) in [6.45, 7) is 9.89. The minimum absolute atomic E-state index is 0.224. The lowest BCUT2D eigenvalue weighted by Gasteiger charge is -2.47. The van der Waals surface area contributed by atoms with Gasteiger partial charge in [-0.25, -0.2) is 0 Å². The number of nitrogens with zero attached hydrogens (tertiary/aromatic N) is 2. The Labute approximate surface area is 164 Å². The zero-order chi connectivity index (χ0) is 19.1. The van der Waals surface area contributed by atoms with E-state index in [1.807, 2.05) is 6.07 Å². The van der Waals surface area contributed by atoms with Gasteiger partial charge in [-0.05, 0) is 62.0 Å². The first kappa shape index (κ1) is 18.8. The second-order valence-corrected chi connectivity index (χ2v) is 9.87. The molecule has 4 nitrogen and oxygen atoms in total. The van der Waals surface area contributed by atoms with Gasteiger partial charge in [0.25, 0.3) is 0 Å². The molecular formula is C23H35N3O. The molecule has 0 unspecified atom stereocenters. The van der Waals surface area contributed by atoms with Crippen LogP contribution in [0.4, 0.5) is 5.69 Å². The van der Waals surface area contributed by atoms with Crippen LogP contribution in [0.3, 0.4) is 0 Å². The van der Waals surface area contributed by atoms with E-state index in [0.717, 1.165) is 43.6 Å². The molecule has 1 spiro atoms. The van der Waals surface area contributed by atoms with Gasteiger partial charge in [0.1, 0.15) is 5.54 Å². The van der Waals surface area contributed by atoms with Gasteiger partial charge in [-0.3, -0.25) is 4.79 Å². The average Bonchev–Trinajstić information content (AvgIpc) is 2.98. The predicted molar refractivity (Wildman–Crippen MR) is 111 cm³/mol. The lowest BCUT2D eigenvalue weighted by molar-refractivity contribution is -0.125. The third-order valence-corrected chi connectivity index (χ3v) is 7.47. The molecule has 3 fully saturated rings. The van der Waals surface area contributed by atoms with Gasteiger partial charge in [-0.2, -0.15) is 0 Å². The predicted octanol–water partition coefficient (Wildman–Crippen LogP) is 4.02. The van der Waals surface area contributed by atoms with Gasteiger partial charge in [-0.15, -0.1) is 0 Å². The maximum Gasteiger partial charge on any atom is 0.247 e. The lowest BCUT2D eigenvalue weighted by atomic mass is 9.71. The molecule has 148 valence electrons. The molecule has 4 rings (SSSR count). The summed E-state index contributed by atoms with van der Waals surface area (Å²) in [5, 5.41) is 3.11. The van der Waals surface area contributed by atoms with Gasteiger partial charge in [-0.1, -0.05) is 39.0 Å². The Morgan fingerprint density at radius 1 is 1.00 bits per heavy atom. The standard InChI is InChI=1S/C23H35N3O/c1-22(2,3)18-9-11-19(12-10-18)25-15-13-23(14-16-25)21(27)24-17-26(23)20-7-5-4-6-8-20/h4-8,18-19H,9-17H2,1-3H3,(H,24,27). The molecule has 1 aliphatic carbocycles. The molecule has 1 saturated carbocycles. The fourth-order valence-electron chi connectivity index (χ4n) is 5.60. The smallest absolute Gasteiger partial charge is 0.247 e. The number of hydrogen-bond acceptors (Lipinski definition) is 3. The van der Waals surface area contributed by atoms with E-state index in [9.17, 15) is 4.79 Å². The van der Waals surface area contributed by atoms with E-state index in [-0.39, 0.29) is 11.4 Å². The average molecular weight is 370 g/mol. The highest BCUT2D eigenvalue weighted by molar-refractivity contribution is 5.93. The summed E-state index contributed by atoms with van der Waals surface area (Å²) in [4.78, 5) is 17.8. The van der Waals surface area contributed by atoms with Crippen LogP contribution in [0.25, 0.3) is 0 Å². The summed E-state index contributed by atoms with van der Waals surface area (Å²) < 4.78 is 0. The zero-order valence-corrected chi connectivity index (χ0v) is 17.2. The van der Waals surface area contributed by atoms with E-state index in [1.165, 1.54) is 25.7 Å². The van der Waals surface area contributed by atoms with Crippen molar-refractivity contribution in [1.29, 1.82) is 0 Å². The van der Waals surface area contributed by atoms with E-state index >= 15 is 0 Å². The van der Waals surface area contributed by atoms with Gasteiger partial charge < -0.3 is 15.1 Å². The maximum atomic E-state index is 12.8. The van der Waals surface area contributed by atoms with Crippen LogP contribution < -0.4 is 10.2 Å². The Morgan fingerprint density at radius 2 is 1.63 bits per heavy atom. The monoisotopic (exact) mass is 369 g/mol. The largest absolute Gasteiger partial charge is 0.339 e. The molecule has 27 heavy (non-hydrogen) atoms. The molecule has 1 amide bonds. The number of rotatable bonds is 2. The molecule has 4 heteroatoms. The highest BCUT2D eigenvalue weighted by atomic mass is 16.2. The number of nitrogens with one attached hydrogen (secondary N) is 1. The second kappa shape index (κ2) is 7.12. The van der Waals surface area contributed by atoms with E-state index < -0.39 is 0 Å². The van der Waals surface area contributed by atoms with E-state index in [2.05, 4.69) is 60.2 Å². The highest BCUT2D eigenvalue weighted by Gasteiger charge is 2.51. The van der Waals surface area contributed by atoms with Crippen molar-refractivity contribution in [2.75, 3.05) is 24.7 Å². The molecule has 3 aliphatic rings. The van der Waals surface area contributed by atoms with Crippen molar-refractivity contribution in [1.82, 2.24) is 10.2 Å². The number of amides is 1. The van der Waals surface area contributed by atoms with Crippen molar-refractivity contribution < 1.29 is 4.79 Å². The van der Waals surface area contributed by atoms with Crippen LogP contribution in [0.5, 0.6) is 0 Å². The van der Waals surface area contributed by atoms with E-state index in [0.29, 0.717) is 12.1 Å². The number of carbonyl (C=O) groups excluding carboxylic acids is 1. The molecule has 2 heterocycles. The molecule has 0 bridgehead atoms. The minimum Gasteiger partial charge on any atom is -0.339 e. The molecule has 0 radical (unpaired) electrons. The van der Waals surface area contributed by atoms with Crippen molar-refractivity contribution >= 4 is 11.6 Å². The summed E-state index contributed by atoms with van der Waals surface area (Å²) in [6.07, 6.45) is 7.23. The number of para-hydroxylation sites is 1. The van der Waals surface area contributed by atoms with Gasteiger partial charge in [0.05, 0.1) is 6.67 Å². The van der Waals surface area contributed by atoms with Crippen LogP contribution in [0.1, 0.15) is 59.3 Å². The lowest BCUT2D eigenvalue weighted by Crippen LogP contribution is -2.58. The summed E-state index contributed by atoms with van der Waals surface area (Å²) in [7, 11) is 0. The topological polar surface area (TPSA) is 35.6 Å². The fraction of sp³-hybridized carbons (Fsp3) is 0.696. The van der Waals surface area contributed by atoms with Crippen LogP contribution >= 0.6 is 0 Å². The minimum atomic E-state index is -0.347. The number of likely N-dealkylation sites (tertiary alicyclic amines) is 1. The zero-order valence-electron chi connectivity index (χ0n) is 17.2. The van der Waals surface area contributed by atoms with Crippen molar-refractivity contribution in [2.45, 2.75) is 70.9 Å². The van der Waals surface area contributed by atoms with Crippen LogP contribution in [0.15, 0.2) is 30.3 Å². The van der Waals surface area contributed by atoms with Gasteiger partial charge in [0.15, 0.2) is 0 Å². The molecule has 2 aliphatic heterocycles. The van der Waals surface area contributed by atoms with Crippen molar-refractivity contribution in [3.05, 3.63) is 30.3 Å². The van der Waals surface area contributed by atoms with Gasteiger partial charge in [0, 0.05) is 24.8 Å². The Kier molecular flexibility index (Phi) is 4.96. The van der Waals surface area contributed by atoms with Crippen LogP contribution in [0, 0.1) is 11.3 Å². The molecule has 2 saturated heterocycles. The van der Waals surface area contributed by atoms with Crippen molar-refractivity contribution in [3.63, 3.8) is 0 Å². The van der Waals surface area contributed by atoms with E-state index in [4.69, 9.17) is 0 Å². The summed E-state index contributed by atoms with van der Waals surface area (Å²) in [5.74, 6) is 1.08. The Balaban J connectivity index is 1.40. The normalized spacial score (nSPS) is 29.1. The number of carbonyl (C=O) groups is 1. The van der Waals surface area contributed by atoms with E-state index in [1.54, 1.807) is 0 Å². The Hall–Kier alpha value is -1.55. The van der Waals surface area contributed by atoms with Crippen LogP contribution in [-0.4, -0.2) is 42.1 Å². The first-order valence-electron chi connectivity index (χ1n) is 10.8. The summed E-state index contributed by atoms with van der Waals surface area (Å²) in [6, 6.07) is 11.1. The molecule has 1 aromatic rings. The van der Waals surface area contributed by atoms with Gasteiger partial charge in [0.2, 0.25) is 5.91 Å². The SMILES string of the molecule is CC(C)(C)C1CCC(N2CCC3(CC2)C(=O)NCN3c2ccccc2)CC1. The molecule has 0 atom stereocenters. The third-order valence-electron chi connectivity index (χ3n) is 7.47. The molecular weight excluding hydrogens is 334 g/mol. The number of hydrogen-bond donors (Lipinski definition) is 1. The maximum absolute atomic E-state index is 12.8. The summed E-state index contributed by atoms with van der Waals surface area (Å²) in [5.41, 5.74) is 1.25. The highest BCUT2D eigenvalue weighted by Crippen LogP contribution is 2.41. The Morgan fingerprint density at radius 3 is 2.22 bits per heavy atom. The van der Waals surface area contributed by atoms with Crippen molar-refractivity contribution in [2.24, 2.45) is 11.3 Å².